The van der Waals surface area contributed by atoms with Crippen LogP contribution in [0.5, 0.6) is 0 Å². The van der Waals surface area contributed by atoms with Crippen LogP contribution in [0.1, 0.15) is 11.1 Å². The van der Waals surface area contributed by atoms with Crippen LogP contribution in [0.4, 0.5) is 4.39 Å². The summed E-state index contributed by atoms with van der Waals surface area (Å²) in [7, 11) is -3.71. The first-order valence-corrected chi connectivity index (χ1v) is 7.04. The number of benzene rings is 2. The van der Waals surface area contributed by atoms with E-state index in [9.17, 15) is 12.8 Å². The van der Waals surface area contributed by atoms with Gasteiger partial charge < -0.3 is 0 Å². The average Bonchev–Trinajstić information content (AvgIpc) is 2.39. The van der Waals surface area contributed by atoms with Crippen LogP contribution in [0.15, 0.2) is 57.8 Å². The Balaban J connectivity index is 2.26. The highest BCUT2D eigenvalue weighted by Gasteiger charge is 2.10. The van der Waals surface area contributed by atoms with E-state index in [2.05, 4.69) is 4.40 Å². The Morgan fingerprint density at radius 3 is 2.16 bits per heavy atom. The SMILES string of the molecule is Cc1ccc(S(=O)(=O)/N=C/c2ccc(F)cc2)cc1. The van der Waals surface area contributed by atoms with Crippen LogP contribution in [0, 0.1) is 12.7 Å². The van der Waals surface area contributed by atoms with Gasteiger partial charge in [-0.3, -0.25) is 0 Å². The molecule has 0 unspecified atom stereocenters. The van der Waals surface area contributed by atoms with Gasteiger partial charge in [0.1, 0.15) is 5.82 Å². The van der Waals surface area contributed by atoms with Crippen LogP contribution >= 0.6 is 0 Å². The van der Waals surface area contributed by atoms with Gasteiger partial charge in [0.15, 0.2) is 0 Å². The van der Waals surface area contributed by atoms with Gasteiger partial charge in [-0.05, 0) is 36.8 Å². The quantitative estimate of drug-likeness (QED) is 0.810. The first kappa shape index (κ1) is 13.4. The molecule has 0 N–H and O–H groups in total. The highest BCUT2D eigenvalue weighted by Crippen LogP contribution is 2.13. The minimum absolute atomic E-state index is 0.136. The standard InChI is InChI=1S/C14H12FNO2S/c1-11-2-8-14(9-3-11)19(17,18)16-10-12-4-6-13(15)7-5-12/h2-10H,1H3/b16-10+. The number of sulfonamides is 1. The van der Waals surface area contributed by atoms with Gasteiger partial charge in [-0.25, -0.2) is 4.39 Å². The fraction of sp³-hybridized carbons (Fsp3) is 0.0714. The largest absolute Gasteiger partial charge is 0.282 e. The third-order valence-electron chi connectivity index (χ3n) is 2.53. The lowest BCUT2D eigenvalue weighted by molar-refractivity contribution is 0.598. The third kappa shape index (κ3) is 3.48. The second-order valence-electron chi connectivity index (χ2n) is 4.07. The van der Waals surface area contributed by atoms with Crippen LogP contribution in [0.25, 0.3) is 0 Å². The molecule has 0 atom stereocenters. The molecule has 0 saturated carbocycles. The Hall–Kier alpha value is -2.01. The van der Waals surface area contributed by atoms with Gasteiger partial charge in [-0.15, -0.1) is 0 Å². The van der Waals surface area contributed by atoms with Crippen molar-refractivity contribution in [3.05, 3.63) is 65.5 Å². The Labute approximate surface area is 111 Å². The first-order chi connectivity index (χ1) is 8.97. The van der Waals surface area contributed by atoms with Gasteiger partial charge >= 0.3 is 0 Å². The van der Waals surface area contributed by atoms with E-state index in [1.807, 2.05) is 6.92 Å². The number of aryl methyl sites for hydroxylation is 1. The predicted octanol–water partition coefficient (Wildman–Crippen LogP) is 2.94. The van der Waals surface area contributed by atoms with Crippen molar-refractivity contribution >= 4 is 16.2 Å². The van der Waals surface area contributed by atoms with Gasteiger partial charge in [-0.2, -0.15) is 12.8 Å². The van der Waals surface area contributed by atoms with E-state index in [0.717, 1.165) is 5.56 Å². The van der Waals surface area contributed by atoms with Crippen molar-refractivity contribution in [3.8, 4) is 0 Å². The second-order valence-corrected chi connectivity index (χ2v) is 5.71. The average molecular weight is 277 g/mol. The van der Waals surface area contributed by atoms with Crippen LogP contribution in [-0.4, -0.2) is 14.6 Å². The number of nitrogens with zero attached hydrogens (tertiary/aromatic N) is 1. The molecule has 0 heterocycles. The zero-order valence-corrected chi connectivity index (χ0v) is 11.1. The van der Waals surface area contributed by atoms with E-state index in [4.69, 9.17) is 0 Å². The first-order valence-electron chi connectivity index (χ1n) is 5.60. The summed E-state index contributed by atoms with van der Waals surface area (Å²) in [5.74, 6) is -0.376. The fourth-order valence-corrected chi connectivity index (χ4v) is 2.31. The molecule has 0 aliphatic carbocycles. The maximum Gasteiger partial charge on any atom is 0.282 e. The van der Waals surface area contributed by atoms with Crippen molar-refractivity contribution in [2.24, 2.45) is 4.40 Å². The van der Waals surface area contributed by atoms with Crippen molar-refractivity contribution in [2.75, 3.05) is 0 Å². The lowest BCUT2D eigenvalue weighted by Gasteiger charge is -1.99. The lowest BCUT2D eigenvalue weighted by Crippen LogP contribution is -1.97. The summed E-state index contributed by atoms with van der Waals surface area (Å²) < 4.78 is 40.1. The van der Waals surface area contributed by atoms with E-state index in [1.165, 1.54) is 42.6 Å². The molecule has 0 spiro atoms. The van der Waals surface area contributed by atoms with Crippen LogP contribution in [-0.2, 0) is 10.0 Å². The molecule has 0 bridgehead atoms. The van der Waals surface area contributed by atoms with Gasteiger partial charge in [0.2, 0.25) is 0 Å². The topological polar surface area (TPSA) is 46.5 Å². The Bertz CT molecular complexity index is 689. The minimum Gasteiger partial charge on any atom is -0.207 e. The number of rotatable bonds is 3. The molecule has 0 aliphatic heterocycles. The molecule has 0 radical (unpaired) electrons. The molecular formula is C14H12FNO2S. The summed E-state index contributed by atoms with van der Waals surface area (Å²) >= 11 is 0. The molecule has 19 heavy (non-hydrogen) atoms. The van der Waals surface area contributed by atoms with Crippen molar-refractivity contribution in [2.45, 2.75) is 11.8 Å². The zero-order valence-electron chi connectivity index (χ0n) is 10.2. The van der Waals surface area contributed by atoms with Crippen molar-refractivity contribution in [1.82, 2.24) is 0 Å². The molecule has 0 saturated heterocycles. The van der Waals surface area contributed by atoms with Gasteiger partial charge in [0, 0.05) is 6.21 Å². The second kappa shape index (κ2) is 5.32. The minimum atomic E-state index is -3.71. The summed E-state index contributed by atoms with van der Waals surface area (Å²) in [6, 6.07) is 11.9. The Morgan fingerprint density at radius 1 is 1.00 bits per heavy atom. The maximum absolute atomic E-state index is 12.7. The summed E-state index contributed by atoms with van der Waals surface area (Å²) in [5, 5.41) is 0. The summed E-state index contributed by atoms with van der Waals surface area (Å²) in [6.45, 7) is 1.87. The van der Waals surface area contributed by atoms with E-state index in [1.54, 1.807) is 12.1 Å². The lowest BCUT2D eigenvalue weighted by atomic mass is 10.2. The molecule has 98 valence electrons. The van der Waals surface area contributed by atoms with Gasteiger partial charge in [0.25, 0.3) is 10.0 Å². The molecule has 0 fully saturated rings. The highest BCUT2D eigenvalue weighted by atomic mass is 32.2. The smallest absolute Gasteiger partial charge is 0.207 e. The molecule has 0 aliphatic rings. The van der Waals surface area contributed by atoms with Crippen LogP contribution in [0.3, 0.4) is 0 Å². The number of hydrogen-bond donors (Lipinski definition) is 0. The van der Waals surface area contributed by atoms with E-state index < -0.39 is 10.0 Å². The number of hydrogen-bond acceptors (Lipinski definition) is 2. The molecule has 0 amide bonds. The summed E-state index contributed by atoms with van der Waals surface area (Å²) in [5.41, 5.74) is 1.50. The van der Waals surface area contributed by atoms with Gasteiger partial charge in [-0.1, -0.05) is 29.8 Å². The van der Waals surface area contributed by atoms with E-state index >= 15 is 0 Å². The van der Waals surface area contributed by atoms with Crippen LogP contribution < -0.4 is 0 Å². The fourth-order valence-electron chi connectivity index (χ4n) is 1.45. The molecule has 0 aromatic heterocycles. The number of halogens is 1. The van der Waals surface area contributed by atoms with E-state index in [0.29, 0.717) is 5.56 Å². The van der Waals surface area contributed by atoms with Crippen molar-refractivity contribution in [1.29, 1.82) is 0 Å². The normalized spacial score (nSPS) is 11.9. The molecular weight excluding hydrogens is 265 g/mol. The maximum atomic E-state index is 12.7. The molecule has 2 aromatic carbocycles. The highest BCUT2D eigenvalue weighted by molar-refractivity contribution is 7.90. The van der Waals surface area contributed by atoms with E-state index in [-0.39, 0.29) is 10.7 Å². The Morgan fingerprint density at radius 2 is 1.58 bits per heavy atom. The van der Waals surface area contributed by atoms with Gasteiger partial charge in [0.05, 0.1) is 4.90 Å². The van der Waals surface area contributed by atoms with Crippen LogP contribution in [0.2, 0.25) is 0 Å². The summed E-state index contributed by atoms with van der Waals surface area (Å²) in [4.78, 5) is 0.136. The van der Waals surface area contributed by atoms with Crippen molar-refractivity contribution in [3.63, 3.8) is 0 Å². The third-order valence-corrected chi connectivity index (χ3v) is 3.78. The predicted molar refractivity (Wildman–Crippen MR) is 72.4 cm³/mol. The zero-order chi connectivity index (χ0) is 13.9. The molecule has 5 heteroatoms. The molecule has 2 rings (SSSR count). The Kier molecular flexibility index (Phi) is 3.76. The molecule has 3 nitrogen and oxygen atoms in total. The van der Waals surface area contributed by atoms with Crippen molar-refractivity contribution < 1.29 is 12.8 Å². The summed E-state index contributed by atoms with van der Waals surface area (Å²) in [6.07, 6.45) is 1.20. The monoisotopic (exact) mass is 277 g/mol. The molecule has 2 aromatic rings.